The Bertz CT molecular complexity index is 925. The minimum absolute atomic E-state index is 0.0981. The van der Waals surface area contributed by atoms with Crippen LogP contribution in [0.4, 0.5) is 13.2 Å². The third-order valence-electron chi connectivity index (χ3n) is 4.46. The molecule has 0 saturated heterocycles. The number of H-pyrrole nitrogens is 1. The van der Waals surface area contributed by atoms with Crippen LogP contribution in [-0.2, 0) is 12.7 Å². The van der Waals surface area contributed by atoms with Gasteiger partial charge in [-0.05, 0) is 50.3 Å². The lowest BCUT2D eigenvalue weighted by Gasteiger charge is -2.17. The predicted molar refractivity (Wildman–Crippen MR) is 105 cm³/mol. The molecule has 1 N–H and O–H groups in total. The Labute approximate surface area is 167 Å². The van der Waals surface area contributed by atoms with E-state index in [0.717, 1.165) is 37.1 Å². The predicted octanol–water partition coefficient (Wildman–Crippen LogP) is 5.51. The third-order valence-corrected chi connectivity index (χ3v) is 4.46. The van der Waals surface area contributed by atoms with Crippen LogP contribution in [0.2, 0.25) is 0 Å². The highest BCUT2D eigenvalue weighted by molar-refractivity contribution is 5.66. The number of pyridine rings is 1. The summed E-state index contributed by atoms with van der Waals surface area (Å²) in [6, 6.07) is 6.86. The van der Waals surface area contributed by atoms with Gasteiger partial charge in [0, 0.05) is 30.1 Å². The van der Waals surface area contributed by atoms with Crippen molar-refractivity contribution in [1.82, 2.24) is 20.1 Å². The summed E-state index contributed by atoms with van der Waals surface area (Å²) in [5, 5.41) is 6.90. The maximum atomic E-state index is 13.5. The van der Waals surface area contributed by atoms with Crippen LogP contribution in [0.25, 0.3) is 11.3 Å². The molecule has 1 aromatic carbocycles. The Morgan fingerprint density at radius 3 is 2.55 bits per heavy atom. The number of hydrogen-bond acceptors (Lipinski definition) is 4. The van der Waals surface area contributed by atoms with Crippen LogP contribution in [0.1, 0.15) is 30.9 Å². The van der Waals surface area contributed by atoms with Gasteiger partial charge in [0.1, 0.15) is 11.5 Å². The molecule has 8 heteroatoms. The summed E-state index contributed by atoms with van der Waals surface area (Å²) in [6.45, 7) is 3.60. The second kappa shape index (κ2) is 9.09. The van der Waals surface area contributed by atoms with Crippen molar-refractivity contribution in [3.05, 3.63) is 60.0 Å². The zero-order valence-corrected chi connectivity index (χ0v) is 16.3. The molecule has 0 unspecified atom stereocenters. The quantitative estimate of drug-likeness (QED) is 0.538. The molecule has 29 heavy (non-hydrogen) atoms. The van der Waals surface area contributed by atoms with Crippen molar-refractivity contribution in [2.75, 3.05) is 13.6 Å². The first-order valence-corrected chi connectivity index (χ1v) is 9.38. The van der Waals surface area contributed by atoms with E-state index in [1.54, 1.807) is 24.4 Å². The standard InChI is InChI=1S/C21H23F3N4O/c1-3-4-9-28(2)14-16-13-26-27-20(16)15-10-17(21(22,23)24)12-19(11-15)29-18-5-7-25-8-6-18/h5-8,10-13H,3-4,9,14H2,1-2H3,(H,26,27). The van der Waals surface area contributed by atoms with Crippen molar-refractivity contribution >= 4 is 0 Å². The van der Waals surface area contributed by atoms with Gasteiger partial charge in [-0.2, -0.15) is 18.3 Å². The summed E-state index contributed by atoms with van der Waals surface area (Å²) >= 11 is 0. The van der Waals surface area contributed by atoms with E-state index in [4.69, 9.17) is 4.74 Å². The molecular weight excluding hydrogens is 381 g/mol. The molecule has 3 rings (SSSR count). The van der Waals surface area contributed by atoms with Crippen molar-refractivity contribution in [2.24, 2.45) is 0 Å². The number of unbranched alkanes of at least 4 members (excludes halogenated alkanes) is 1. The van der Waals surface area contributed by atoms with Gasteiger partial charge in [-0.25, -0.2) is 0 Å². The molecule has 0 amide bonds. The van der Waals surface area contributed by atoms with Crippen LogP contribution >= 0.6 is 0 Å². The number of aromatic amines is 1. The average molecular weight is 404 g/mol. The number of hydrogen-bond donors (Lipinski definition) is 1. The lowest BCUT2D eigenvalue weighted by molar-refractivity contribution is -0.137. The summed E-state index contributed by atoms with van der Waals surface area (Å²) in [6.07, 6.45) is 2.32. The number of rotatable bonds is 8. The molecule has 0 aliphatic carbocycles. The van der Waals surface area contributed by atoms with E-state index in [-0.39, 0.29) is 5.75 Å². The fourth-order valence-corrected chi connectivity index (χ4v) is 2.99. The lowest BCUT2D eigenvalue weighted by atomic mass is 10.0. The summed E-state index contributed by atoms with van der Waals surface area (Å²) in [5.74, 6) is 0.510. The first-order valence-electron chi connectivity index (χ1n) is 9.38. The molecule has 0 fully saturated rings. The highest BCUT2D eigenvalue weighted by Crippen LogP contribution is 2.37. The van der Waals surface area contributed by atoms with Gasteiger partial charge in [0.25, 0.3) is 0 Å². The Hall–Kier alpha value is -2.87. The first kappa shape index (κ1) is 20.9. The van der Waals surface area contributed by atoms with Gasteiger partial charge in [0.2, 0.25) is 0 Å². The van der Waals surface area contributed by atoms with E-state index < -0.39 is 11.7 Å². The molecule has 2 aromatic heterocycles. The molecule has 0 atom stereocenters. The van der Waals surface area contributed by atoms with Crippen LogP contribution < -0.4 is 4.74 Å². The van der Waals surface area contributed by atoms with Gasteiger partial charge in [-0.3, -0.25) is 10.1 Å². The normalized spacial score (nSPS) is 11.8. The molecule has 154 valence electrons. The van der Waals surface area contributed by atoms with Crippen LogP contribution in [-0.4, -0.2) is 33.7 Å². The van der Waals surface area contributed by atoms with E-state index >= 15 is 0 Å². The van der Waals surface area contributed by atoms with Crippen LogP contribution in [0.15, 0.2) is 48.9 Å². The van der Waals surface area contributed by atoms with Gasteiger partial charge >= 0.3 is 6.18 Å². The largest absolute Gasteiger partial charge is 0.457 e. The van der Waals surface area contributed by atoms with Gasteiger partial charge in [0.15, 0.2) is 0 Å². The molecule has 0 aliphatic rings. The number of alkyl halides is 3. The maximum Gasteiger partial charge on any atom is 0.416 e. The highest BCUT2D eigenvalue weighted by Gasteiger charge is 2.32. The Kier molecular flexibility index (Phi) is 6.53. The smallest absolute Gasteiger partial charge is 0.416 e. The van der Waals surface area contributed by atoms with Crippen LogP contribution in [0.5, 0.6) is 11.5 Å². The number of nitrogens with zero attached hydrogens (tertiary/aromatic N) is 3. The molecule has 0 spiro atoms. The van der Waals surface area contributed by atoms with E-state index in [1.807, 2.05) is 7.05 Å². The summed E-state index contributed by atoms with van der Waals surface area (Å²) < 4.78 is 46.1. The number of halogens is 3. The Balaban J connectivity index is 1.95. The number of aromatic nitrogens is 3. The van der Waals surface area contributed by atoms with E-state index in [9.17, 15) is 13.2 Å². The summed E-state index contributed by atoms with van der Waals surface area (Å²) in [4.78, 5) is 6.01. The monoisotopic (exact) mass is 404 g/mol. The molecule has 0 radical (unpaired) electrons. The van der Waals surface area contributed by atoms with Crippen LogP contribution in [0, 0.1) is 0 Å². The first-order chi connectivity index (χ1) is 13.9. The number of ether oxygens (including phenoxy) is 1. The fraction of sp³-hybridized carbons (Fsp3) is 0.333. The SMILES string of the molecule is CCCCN(C)Cc1cn[nH]c1-c1cc(Oc2ccncc2)cc(C(F)(F)F)c1. The summed E-state index contributed by atoms with van der Waals surface area (Å²) in [5.41, 5.74) is 0.982. The van der Waals surface area contributed by atoms with Gasteiger partial charge in [-0.15, -0.1) is 0 Å². The Morgan fingerprint density at radius 2 is 1.86 bits per heavy atom. The van der Waals surface area contributed by atoms with Crippen molar-refractivity contribution in [3.63, 3.8) is 0 Å². The lowest BCUT2D eigenvalue weighted by Crippen LogP contribution is -2.19. The van der Waals surface area contributed by atoms with Crippen molar-refractivity contribution in [2.45, 2.75) is 32.5 Å². The van der Waals surface area contributed by atoms with E-state index in [0.29, 0.717) is 23.6 Å². The zero-order valence-electron chi connectivity index (χ0n) is 16.3. The average Bonchev–Trinajstić information content (AvgIpc) is 3.14. The van der Waals surface area contributed by atoms with Crippen LogP contribution in [0.3, 0.4) is 0 Å². The second-order valence-corrected chi connectivity index (χ2v) is 6.89. The highest BCUT2D eigenvalue weighted by atomic mass is 19.4. The molecule has 0 saturated carbocycles. The van der Waals surface area contributed by atoms with Crippen molar-refractivity contribution in [1.29, 1.82) is 0 Å². The Morgan fingerprint density at radius 1 is 1.10 bits per heavy atom. The second-order valence-electron chi connectivity index (χ2n) is 6.89. The topological polar surface area (TPSA) is 54.0 Å². The minimum atomic E-state index is -4.50. The number of nitrogens with one attached hydrogen (secondary N) is 1. The third kappa shape index (κ3) is 5.57. The molecule has 0 aliphatic heterocycles. The van der Waals surface area contributed by atoms with Gasteiger partial charge in [0.05, 0.1) is 17.5 Å². The van der Waals surface area contributed by atoms with Gasteiger partial charge < -0.3 is 9.64 Å². The fourth-order valence-electron chi connectivity index (χ4n) is 2.99. The number of benzene rings is 1. The maximum absolute atomic E-state index is 13.5. The van der Waals surface area contributed by atoms with E-state index in [2.05, 4.69) is 27.0 Å². The molecule has 0 bridgehead atoms. The van der Waals surface area contributed by atoms with E-state index in [1.165, 1.54) is 12.4 Å². The molecule has 5 nitrogen and oxygen atoms in total. The van der Waals surface area contributed by atoms with Crippen molar-refractivity contribution in [3.8, 4) is 22.8 Å². The minimum Gasteiger partial charge on any atom is -0.457 e. The summed E-state index contributed by atoms with van der Waals surface area (Å²) in [7, 11) is 1.98. The van der Waals surface area contributed by atoms with Gasteiger partial charge in [-0.1, -0.05) is 13.3 Å². The van der Waals surface area contributed by atoms with Crippen molar-refractivity contribution < 1.29 is 17.9 Å². The molecule has 3 aromatic rings. The zero-order chi connectivity index (χ0) is 20.9. The molecular formula is C21H23F3N4O. The molecule has 2 heterocycles.